The monoisotopic (exact) mass is 494 g/mol. The summed E-state index contributed by atoms with van der Waals surface area (Å²) in [6, 6.07) is 9.26. The average Bonchev–Trinajstić information content (AvgIpc) is 3.39. The molecule has 0 unspecified atom stereocenters. The average molecular weight is 495 g/mol. The molecule has 2 aliphatic rings. The van der Waals surface area contributed by atoms with Crippen LogP contribution in [-0.4, -0.2) is 37.8 Å². The van der Waals surface area contributed by atoms with Crippen molar-refractivity contribution in [3.63, 3.8) is 0 Å². The van der Waals surface area contributed by atoms with Crippen molar-refractivity contribution < 1.29 is 14.3 Å². The maximum atomic E-state index is 13.4. The fraction of sp³-hybridized carbons (Fsp3) is 0.250. The number of aromatic nitrogens is 2. The topological polar surface area (TPSA) is 85.2 Å². The third-order valence-electron chi connectivity index (χ3n) is 5.47. The van der Waals surface area contributed by atoms with Crippen LogP contribution in [0.2, 0.25) is 0 Å². The number of thiocarbonyl (C=S) groups is 1. The van der Waals surface area contributed by atoms with Gasteiger partial charge in [0.25, 0.3) is 11.5 Å². The fourth-order valence-corrected chi connectivity index (χ4v) is 4.99. The molecule has 10 heteroatoms. The number of hydrogen-bond donors (Lipinski definition) is 1. The Balaban J connectivity index is 1.50. The van der Waals surface area contributed by atoms with E-state index in [1.807, 2.05) is 44.2 Å². The molecule has 1 aromatic carbocycles. The maximum Gasteiger partial charge on any atom is 0.267 e. The number of aryl methyl sites for hydroxylation is 1. The van der Waals surface area contributed by atoms with Crippen molar-refractivity contribution in [2.45, 2.75) is 26.8 Å². The van der Waals surface area contributed by atoms with Gasteiger partial charge in [-0.1, -0.05) is 43.0 Å². The van der Waals surface area contributed by atoms with E-state index in [9.17, 15) is 9.59 Å². The Morgan fingerprint density at radius 3 is 2.85 bits per heavy atom. The SMILES string of the molecule is CCCNc1nc2ccc(C)cn2c(=O)c1/C=C1/SC(=S)N(Cc2ccc3c(c2)OCO3)C1=O. The van der Waals surface area contributed by atoms with Crippen LogP contribution in [0.3, 0.4) is 0 Å². The van der Waals surface area contributed by atoms with Crippen LogP contribution in [-0.2, 0) is 11.3 Å². The zero-order valence-corrected chi connectivity index (χ0v) is 20.3. The molecule has 1 amide bonds. The number of carbonyl (C=O) groups excluding carboxylic acids is 1. The lowest BCUT2D eigenvalue weighted by atomic mass is 10.2. The number of nitrogens with one attached hydrogen (secondary N) is 1. The van der Waals surface area contributed by atoms with Crippen LogP contribution in [0.25, 0.3) is 11.7 Å². The normalized spacial score (nSPS) is 16.2. The summed E-state index contributed by atoms with van der Waals surface area (Å²) in [6.07, 6.45) is 4.21. The van der Waals surface area contributed by atoms with E-state index in [0.717, 1.165) is 17.5 Å². The molecule has 0 bridgehead atoms. The second-order valence-electron chi connectivity index (χ2n) is 8.00. The molecule has 8 nitrogen and oxygen atoms in total. The highest BCUT2D eigenvalue weighted by Crippen LogP contribution is 2.36. The Morgan fingerprint density at radius 2 is 2.03 bits per heavy atom. The van der Waals surface area contributed by atoms with Crippen molar-refractivity contribution in [1.29, 1.82) is 0 Å². The van der Waals surface area contributed by atoms with Crippen molar-refractivity contribution >= 4 is 51.7 Å². The van der Waals surface area contributed by atoms with E-state index in [0.29, 0.717) is 50.8 Å². The maximum absolute atomic E-state index is 13.4. The molecule has 174 valence electrons. The van der Waals surface area contributed by atoms with Gasteiger partial charge in [-0.2, -0.15) is 0 Å². The summed E-state index contributed by atoms with van der Waals surface area (Å²) in [4.78, 5) is 33.2. The van der Waals surface area contributed by atoms with E-state index < -0.39 is 0 Å². The Morgan fingerprint density at radius 1 is 1.21 bits per heavy atom. The van der Waals surface area contributed by atoms with Crippen molar-refractivity contribution in [2.75, 3.05) is 18.7 Å². The number of rotatable bonds is 6. The van der Waals surface area contributed by atoms with E-state index in [1.165, 1.54) is 21.1 Å². The molecule has 1 N–H and O–H groups in total. The standard InChI is InChI=1S/C24H22N4O4S2/c1-3-8-25-21-16(22(29)27-11-14(2)4-7-20(27)26-21)10-19-23(30)28(24(33)34-19)12-15-5-6-17-18(9-15)32-13-31-17/h4-7,9-11,25H,3,8,12-13H2,1-2H3/b19-10+. The molecule has 5 rings (SSSR count). The highest BCUT2D eigenvalue weighted by molar-refractivity contribution is 8.26. The summed E-state index contributed by atoms with van der Waals surface area (Å²) in [5, 5.41) is 3.22. The van der Waals surface area contributed by atoms with E-state index in [2.05, 4.69) is 10.3 Å². The summed E-state index contributed by atoms with van der Waals surface area (Å²) in [6.45, 7) is 5.08. The zero-order chi connectivity index (χ0) is 23.8. The van der Waals surface area contributed by atoms with Gasteiger partial charge in [-0.3, -0.25) is 18.9 Å². The van der Waals surface area contributed by atoms with Gasteiger partial charge >= 0.3 is 0 Å². The number of amides is 1. The molecule has 2 aromatic heterocycles. The van der Waals surface area contributed by atoms with Crippen LogP contribution in [0, 0.1) is 6.92 Å². The van der Waals surface area contributed by atoms with Crippen LogP contribution in [0.15, 0.2) is 46.2 Å². The first-order valence-corrected chi connectivity index (χ1v) is 12.1. The Bertz CT molecular complexity index is 1420. The number of thioether (sulfide) groups is 1. The zero-order valence-electron chi connectivity index (χ0n) is 18.7. The number of fused-ring (bicyclic) bond motifs is 2. The smallest absolute Gasteiger partial charge is 0.267 e. The Hall–Kier alpha value is -3.37. The van der Waals surface area contributed by atoms with Gasteiger partial charge in [-0.25, -0.2) is 4.98 Å². The van der Waals surface area contributed by atoms with Gasteiger partial charge in [0.1, 0.15) is 15.8 Å². The lowest BCUT2D eigenvalue weighted by Gasteiger charge is -2.14. The second kappa shape index (κ2) is 9.11. The first-order chi connectivity index (χ1) is 16.4. The minimum absolute atomic E-state index is 0.186. The van der Waals surface area contributed by atoms with E-state index in [-0.39, 0.29) is 18.3 Å². The molecule has 1 fully saturated rings. The number of benzene rings is 1. The first kappa shape index (κ1) is 22.4. The summed E-state index contributed by atoms with van der Waals surface area (Å²) >= 11 is 6.68. The molecular weight excluding hydrogens is 472 g/mol. The van der Waals surface area contributed by atoms with Crippen LogP contribution in [0.5, 0.6) is 11.5 Å². The number of pyridine rings is 1. The molecule has 1 saturated heterocycles. The molecule has 0 spiro atoms. The van der Waals surface area contributed by atoms with Crippen LogP contribution in [0.4, 0.5) is 5.82 Å². The minimum atomic E-state index is -0.247. The predicted octanol–water partition coefficient (Wildman–Crippen LogP) is 3.95. The number of carbonyl (C=O) groups is 1. The summed E-state index contributed by atoms with van der Waals surface area (Å²) in [5.41, 5.74) is 2.44. The van der Waals surface area contributed by atoms with Crippen LogP contribution >= 0.6 is 24.0 Å². The summed E-state index contributed by atoms with van der Waals surface area (Å²) in [5.74, 6) is 1.54. The third-order valence-corrected chi connectivity index (χ3v) is 6.85. The van der Waals surface area contributed by atoms with Crippen molar-refractivity contribution in [2.24, 2.45) is 0 Å². The van der Waals surface area contributed by atoms with Gasteiger partial charge in [-0.05, 0) is 48.7 Å². The van der Waals surface area contributed by atoms with E-state index in [1.54, 1.807) is 12.3 Å². The van der Waals surface area contributed by atoms with Gasteiger partial charge in [0.2, 0.25) is 6.79 Å². The molecular formula is C24H22N4O4S2. The molecule has 34 heavy (non-hydrogen) atoms. The Labute approximate surface area is 205 Å². The van der Waals surface area contributed by atoms with Gasteiger partial charge in [0.05, 0.1) is 17.0 Å². The van der Waals surface area contributed by atoms with Gasteiger partial charge in [0, 0.05) is 12.7 Å². The minimum Gasteiger partial charge on any atom is -0.454 e. The Kier molecular flexibility index (Phi) is 6.01. The molecule has 0 radical (unpaired) electrons. The molecule has 0 aliphatic carbocycles. The van der Waals surface area contributed by atoms with Gasteiger partial charge in [-0.15, -0.1) is 0 Å². The van der Waals surface area contributed by atoms with Crippen molar-refractivity contribution in [3.05, 3.63) is 68.5 Å². The lowest BCUT2D eigenvalue weighted by molar-refractivity contribution is -0.122. The number of anilines is 1. The quantitative estimate of drug-likeness (QED) is 0.407. The third kappa shape index (κ3) is 4.14. The molecule has 0 saturated carbocycles. The van der Waals surface area contributed by atoms with Gasteiger partial charge in [0.15, 0.2) is 11.5 Å². The highest BCUT2D eigenvalue weighted by Gasteiger charge is 2.33. The number of nitrogens with zero attached hydrogens (tertiary/aromatic N) is 3. The summed E-state index contributed by atoms with van der Waals surface area (Å²) < 4.78 is 12.7. The van der Waals surface area contributed by atoms with Crippen molar-refractivity contribution in [3.8, 4) is 11.5 Å². The highest BCUT2D eigenvalue weighted by atomic mass is 32.2. The van der Waals surface area contributed by atoms with Crippen molar-refractivity contribution in [1.82, 2.24) is 14.3 Å². The van der Waals surface area contributed by atoms with Gasteiger partial charge < -0.3 is 14.8 Å². The number of hydrogen-bond acceptors (Lipinski definition) is 8. The first-order valence-electron chi connectivity index (χ1n) is 10.9. The number of ether oxygens (including phenoxy) is 2. The summed E-state index contributed by atoms with van der Waals surface area (Å²) in [7, 11) is 0. The lowest BCUT2D eigenvalue weighted by Crippen LogP contribution is -2.27. The largest absolute Gasteiger partial charge is 0.454 e. The molecule has 2 aliphatic heterocycles. The van der Waals surface area contributed by atoms with E-state index >= 15 is 0 Å². The predicted molar refractivity (Wildman–Crippen MR) is 136 cm³/mol. The fourth-order valence-electron chi connectivity index (χ4n) is 3.76. The molecule has 0 atom stereocenters. The second-order valence-corrected chi connectivity index (χ2v) is 9.67. The van der Waals surface area contributed by atoms with E-state index in [4.69, 9.17) is 21.7 Å². The molecule has 3 aromatic rings. The van der Waals surface area contributed by atoms with Crippen LogP contribution in [0.1, 0.15) is 30.0 Å². The molecule has 4 heterocycles. The van der Waals surface area contributed by atoms with Crippen LogP contribution < -0.4 is 20.3 Å².